The second-order valence-corrected chi connectivity index (χ2v) is 3.21. The third-order valence-corrected chi connectivity index (χ3v) is 1.91. The Bertz CT molecular complexity index is 306. The second kappa shape index (κ2) is 4.17. The predicted molar refractivity (Wildman–Crippen MR) is 36.3 cm³/mol. The summed E-state index contributed by atoms with van der Waals surface area (Å²) < 4.78 is 29.2. The average molecular weight is 271 g/mol. The fourth-order valence-corrected chi connectivity index (χ4v) is 1.09. The van der Waals surface area contributed by atoms with E-state index in [1.807, 2.05) is 0 Å². The summed E-state index contributed by atoms with van der Waals surface area (Å²) >= 11 is 0. The average Bonchev–Trinajstić information content (AvgIpc) is 1.88. The van der Waals surface area contributed by atoms with E-state index in [0.29, 0.717) is 0 Å². The van der Waals surface area contributed by atoms with Gasteiger partial charge < -0.3 is 0 Å². The number of hydrogen-bond donors (Lipinski definition) is 1. The molecular formula is C6H6CdO3S. The van der Waals surface area contributed by atoms with Gasteiger partial charge in [-0.3, -0.25) is 4.55 Å². The summed E-state index contributed by atoms with van der Waals surface area (Å²) in [6.07, 6.45) is 0. The van der Waals surface area contributed by atoms with Crippen LogP contribution in [0.25, 0.3) is 0 Å². The first-order chi connectivity index (χ1) is 4.61. The van der Waals surface area contributed by atoms with E-state index in [-0.39, 0.29) is 32.2 Å². The molecule has 1 N–H and O–H groups in total. The minimum atomic E-state index is -4.00. The summed E-state index contributed by atoms with van der Waals surface area (Å²) in [5, 5.41) is 0. The van der Waals surface area contributed by atoms with E-state index in [0.717, 1.165) is 0 Å². The van der Waals surface area contributed by atoms with Gasteiger partial charge in [0.15, 0.2) is 0 Å². The van der Waals surface area contributed by atoms with Crippen LogP contribution in [0.15, 0.2) is 35.2 Å². The molecule has 1 aromatic carbocycles. The van der Waals surface area contributed by atoms with E-state index in [9.17, 15) is 8.42 Å². The van der Waals surface area contributed by atoms with Crippen molar-refractivity contribution in [1.29, 1.82) is 0 Å². The maximum Gasteiger partial charge on any atom is 0.294 e. The van der Waals surface area contributed by atoms with E-state index in [1.165, 1.54) is 12.1 Å². The van der Waals surface area contributed by atoms with Crippen molar-refractivity contribution in [2.24, 2.45) is 0 Å². The fourth-order valence-electron chi connectivity index (χ4n) is 0.592. The van der Waals surface area contributed by atoms with Crippen molar-refractivity contribution in [3.8, 4) is 0 Å². The molecule has 56 valence electrons. The van der Waals surface area contributed by atoms with Crippen LogP contribution >= 0.6 is 0 Å². The summed E-state index contributed by atoms with van der Waals surface area (Å²) in [6.45, 7) is 0. The smallest absolute Gasteiger partial charge is 0.282 e. The van der Waals surface area contributed by atoms with Crippen LogP contribution in [-0.2, 0) is 37.4 Å². The third kappa shape index (κ3) is 3.30. The monoisotopic (exact) mass is 272 g/mol. The van der Waals surface area contributed by atoms with Crippen molar-refractivity contribution in [3.63, 3.8) is 0 Å². The second-order valence-electron chi connectivity index (χ2n) is 1.79. The molecule has 0 aromatic heterocycles. The van der Waals surface area contributed by atoms with Gasteiger partial charge in [0.2, 0.25) is 0 Å². The normalized spacial score (nSPS) is 10.3. The zero-order chi connectivity index (χ0) is 7.61. The van der Waals surface area contributed by atoms with Crippen LogP contribution in [-0.4, -0.2) is 13.0 Å². The largest absolute Gasteiger partial charge is 0.294 e. The van der Waals surface area contributed by atoms with Gasteiger partial charge in [0.25, 0.3) is 10.1 Å². The van der Waals surface area contributed by atoms with Crippen LogP contribution < -0.4 is 0 Å². The van der Waals surface area contributed by atoms with Gasteiger partial charge in [0.1, 0.15) is 0 Å². The Balaban J connectivity index is 0.000001000. The fraction of sp³-hybridized carbons (Fsp3) is 0. The van der Waals surface area contributed by atoms with E-state index in [4.69, 9.17) is 4.55 Å². The van der Waals surface area contributed by atoms with Crippen molar-refractivity contribution in [3.05, 3.63) is 30.3 Å². The molecule has 0 saturated heterocycles. The van der Waals surface area contributed by atoms with Gasteiger partial charge >= 0.3 is 0 Å². The predicted octanol–water partition coefficient (Wildman–Crippen LogP) is 0.931. The molecule has 0 spiro atoms. The minimum Gasteiger partial charge on any atom is -0.282 e. The molecule has 0 aliphatic heterocycles. The molecule has 0 heterocycles. The summed E-state index contributed by atoms with van der Waals surface area (Å²) in [7, 11) is -4.00. The van der Waals surface area contributed by atoms with Crippen LogP contribution in [0.1, 0.15) is 0 Å². The van der Waals surface area contributed by atoms with Crippen LogP contribution in [0.3, 0.4) is 0 Å². The van der Waals surface area contributed by atoms with Crippen molar-refractivity contribution in [2.75, 3.05) is 0 Å². The first-order valence-corrected chi connectivity index (χ1v) is 4.07. The van der Waals surface area contributed by atoms with Gasteiger partial charge in [-0.15, -0.1) is 0 Å². The Kier molecular flexibility index (Phi) is 4.19. The molecule has 0 radical (unpaired) electrons. The molecule has 0 atom stereocenters. The molecule has 1 rings (SSSR count). The zero-order valence-corrected chi connectivity index (χ0v) is 10.6. The maximum atomic E-state index is 10.4. The summed E-state index contributed by atoms with van der Waals surface area (Å²) in [6, 6.07) is 7.42. The number of rotatable bonds is 1. The number of hydrogen-bond acceptors (Lipinski definition) is 2. The molecule has 3 nitrogen and oxygen atoms in total. The molecule has 0 saturated carbocycles. The minimum absolute atomic E-state index is 0. The Hall–Kier alpha value is 0.0521. The van der Waals surface area contributed by atoms with E-state index in [1.54, 1.807) is 18.2 Å². The summed E-state index contributed by atoms with van der Waals surface area (Å²) in [5.41, 5.74) is 0. The molecule has 5 heteroatoms. The van der Waals surface area contributed by atoms with Gasteiger partial charge in [0, 0.05) is 27.3 Å². The molecule has 0 amide bonds. The Morgan fingerprint density at radius 3 is 1.82 bits per heavy atom. The molecule has 0 fully saturated rings. The molecule has 0 aliphatic carbocycles. The molecule has 0 bridgehead atoms. The Morgan fingerprint density at radius 1 is 1.09 bits per heavy atom. The van der Waals surface area contributed by atoms with Crippen molar-refractivity contribution in [2.45, 2.75) is 4.90 Å². The Labute approximate surface area is 85.3 Å². The van der Waals surface area contributed by atoms with Crippen LogP contribution in [0.5, 0.6) is 0 Å². The van der Waals surface area contributed by atoms with E-state index in [2.05, 4.69) is 0 Å². The molecule has 1 aromatic rings. The van der Waals surface area contributed by atoms with Crippen LogP contribution in [0.4, 0.5) is 0 Å². The Morgan fingerprint density at radius 2 is 1.55 bits per heavy atom. The third-order valence-electron chi connectivity index (χ3n) is 1.04. The van der Waals surface area contributed by atoms with Gasteiger partial charge in [-0.2, -0.15) is 8.42 Å². The standard InChI is InChI=1S/C6H6O3S.Cd/c7-10(8,9)6-4-2-1-3-5-6;/h1-5H,(H,7,8,9);. The first-order valence-electron chi connectivity index (χ1n) is 2.63. The molecule has 11 heavy (non-hydrogen) atoms. The van der Waals surface area contributed by atoms with Crippen molar-refractivity contribution < 1.29 is 40.3 Å². The van der Waals surface area contributed by atoms with Crippen molar-refractivity contribution in [1.82, 2.24) is 0 Å². The topological polar surface area (TPSA) is 54.4 Å². The van der Waals surface area contributed by atoms with Gasteiger partial charge in [0.05, 0.1) is 4.90 Å². The maximum absolute atomic E-state index is 10.4. The van der Waals surface area contributed by atoms with Gasteiger partial charge in [-0.05, 0) is 12.1 Å². The van der Waals surface area contributed by atoms with Crippen LogP contribution in [0, 0.1) is 0 Å². The SMILES string of the molecule is O=S(=O)(O)c1ccccc1.[Cd]. The molecule has 0 aliphatic rings. The first kappa shape index (κ1) is 11.1. The van der Waals surface area contributed by atoms with Gasteiger partial charge in [-0.25, -0.2) is 0 Å². The van der Waals surface area contributed by atoms with E-state index >= 15 is 0 Å². The molecular weight excluding hydrogens is 265 g/mol. The number of benzene rings is 1. The zero-order valence-electron chi connectivity index (χ0n) is 5.77. The van der Waals surface area contributed by atoms with Crippen LogP contribution in [0.2, 0.25) is 0 Å². The summed E-state index contributed by atoms with van der Waals surface area (Å²) in [4.78, 5) is -0.0741. The molecule has 0 unspecified atom stereocenters. The quantitative estimate of drug-likeness (QED) is 0.610. The van der Waals surface area contributed by atoms with Gasteiger partial charge in [-0.1, -0.05) is 18.2 Å². The summed E-state index contributed by atoms with van der Waals surface area (Å²) in [5.74, 6) is 0. The van der Waals surface area contributed by atoms with E-state index < -0.39 is 10.1 Å². The van der Waals surface area contributed by atoms with Crippen molar-refractivity contribution >= 4 is 10.1 Å².